The number of hydrogen-bond donors (Lipinski definition) is 1. The van der Waals surface area contributed by atoms with E-state index in [0.29, 0.717) is 17.8 Å². The highest BCUT2D eigenvalue weighted by atomic mass is 16.3. The van der Waals surface area contributed by atoms with E-state index >= 15 is 0 Å². The van der Waals surface area contributed by atoms with Crippen molar-refractivity contribution in [3.8, 4) is 0 Å². The average molecular weight is 327 g/mol. The Morgan fingerprint density at radius 2 is 2.21 bits per heavy atom. The number of carbonyl (C=O) groups is 1. The fourth-order valence-electron chi connectivity index (χ4n) is 4.43. The van der Waals surface area contributed by atoms with Crippen molar-refractivity contribution in [3.05, 3.63) is 30.1 Å². The molecule has 1 saturated heterocycles. The van der Waals surface area contributed by atoms with Gasteiger partial charge in [0.2, 0.25) is 5.91 Å². The molecule has 0 unspecified atom stereocenters. The third kappa shape index (κ3) is 2.34. The summed E-state index contributed by atoms with van der Waals surface area (Å²) in [7, 11) is 2.02. The van der Waals surface area contributed by atoms with Crippen LogP contribution in [0.2, 0.25) is 0 Å². The number of aliphatic hydroxyl groups excluding tert-OH is 1. The van der Waals surface area contributed by atoms with Crippen LogP contribution in [-0.2, 0) is 11.8 Å². The molecule has 1 amide bonds. The Morgan fingerprint density at radius 3 is 2.88 bits per heavy atom. The molecule has 2 aromatic rings. The van der Waals surface area contributed by atoms with E-state index in [1.807, 2.05) is 35.8 Å². The first-order chi connectivity index (χ1) is 11.5. The first-order valence-corrected chi connectivity index (χ1v) is 8.86. The van der Waals surface area contributed by atoms with Crippen LogP contribution >= 0.6 is 0 Å². The number of aliphatic hydroxyl groups is 1. The van der Waals surface area contributed by atoms with Crippen LogP contribution in [0.25, 0.3) is 11.0 Å². The molecular formula is C19H25N3O2. The van der Waals surface area contributed by atoms with Gasteiger partial charge in [0.1, 0.15) is 5.65 Å². The van der Waals surface area contributed by atoms with Gasteiger partial charge in [-0.05, 0) is 42.9 Å². The first kappa shape index (κ1) is 15.6. The van der Waals surface area contributed by atoms with Gasteiger partial charge in [-0.25, -0.2) is 4.98 Å². The van der Waals surface area contributed by atoms with Crippen molar-refractivity contribution in [2.75, 3.05) is 19.7 Å². The molecule has 1 N–H and O–H groups in total. The Morgan fingerprint density at radius 1 is 1.46 bits per heavy atom. The summed E-state index contributed by atoms with van der Waals surface area (Å²) < 4.78 is 2.04. The van der Waals surface area contributed by atoms with E-state index in [-0.39, 0.29) is 18.4 Å². The van der Waals surface area contributed by atoms with Crippen molar-refractivity contribution in [1.29, 1.82) is 0 Å². The molecule has 1 aliphatic carbocycles. The number of hydrogen-bond acceptors (Lipinski definition) is 3. The zero-order chi connectivity index (χ0) is 16.9. The smallest absolute Gasteiger partial charge is 0.228 e. The van der Waals surface area contributed by atoms with Gasteiger partial charge in [-0.15, -0.1) is 0 Å². The molecule has 2 fully saturated rings. The molecule has 1 aliphatic heterocycles. The summed E-state index contributed by atoms with van der Waals surface area (Å²) in [5.41, 5.74) is 2.67. The Bertz CT molecular complexity index is 764. The third-order valence-electron chi connectivity index (χ3n) is 5.98. The number of nitrogens with zero attached hydrogens (tertiary/aromatic N) is 3. The molecule has 1 spiro atoms. The van der Waals surface area contributed by atoms with Crippen molar-refractivity contribution in [2.45, 2.75) is 32.1 Å². The number of rotatable bonds is 4. The van der Waals surface area contributed by atoms with Gasteiger partial charge < -0.3 is 14.6 Å². The van der Waals surface area contributed by atoms with Gasteiger partial charge in [-0.2, -0.15) is 0 Å². The number of pyridine rings is 1. The van der Waals surface area contributed by atoms with Crippen LogP contribution in [0.1, 0.15) is 37.7 Å². The minimum atomic E-state index is -0.220. The molecule has 128 valence electrons. The summed E-state index contributed by atoms with van der Waals surface area (Å²) in [5, 5.41) is 10.5. The van der Waals surface area contributed by atoms with Gasteiger partial charge in [0.25, 0.3) is 0 Å². The number of likely N-dealkylation sites (tertiary alicyclic amines) is 1. The lowest BCUT2D eigenvalue weighted by atomic mass is 9.56. The molecule has 1 saturated carbocycles. The molecular weight excluding hydrogens is 302 g/mol. The Hall–Kier alpha value is -1.88. The lowest BCUT2D eigenvalue weighted by Crippen LogP contribution is -2.64. The second-order valence-corrected chi connectivity index (χ2v) is 7.70. The summed E-state index contributed by atoms with van der Waals surface area (Å²) in [6.45, 7) is 3.64. The fraction of sp³-hybridized carbons (Fsp3) is 0.579. The highest BCUT2D eigenvalue weighted by Gasteiger charge is 2.54. The van der Waals surface area contributed by atoms with Crippen LogP contribution in [0, 0.1) is 11.3 Å². The predicted molar refractivity (Wildman–Crippen MR) is 92.6 cm³/mol. The van der Waals surface area contributed by atoms with Gasteiger partial charge in [-0.1, -0.05) is 6.92 Å². The number of aromatic nitrogens is 2. The van der Waals surface area contributed by atoms with Crippen molar-refractivity contribution >= 4 is 16.9 Å². The number of aryl methyl sites for hydroxylation is 1. The van der Waals surface area contributed by atoms with Gasteiger partial charge in [0.05, 0.1) is 12.5 Å². The molecule has 24 heavy (non-hydrogen) atoms. The van der Waals surface area contributed by atoms with E-state index in [4.69, 9.17) is 0 Å². The highest BCUT2D eigenvalue weighted by Crippen LogP contribution is 2.56. The second-order valence-electron chi connectivity index (χ2n) is 7.70. The topological polar surface area (TPSA) is 58.4 Å². The number of carbonyl (C=O) groups excluding carboxylic acids is 1. The molecule has 0 aromatic carbocycles. The summed E-state index contributed by atoms with van der Waals surface area (Å²) in [4.78, 5) is 18.8. The molecule has 0 radical (unpaired) electrons. The summed E-state index contributed by atoms with van der Waals surface area (Å²) in [6.07, 6.45) is 7.06. The summed E-state index contributed by atoms with van der Waals surface area (Å²) in [6, 6.07) is 4.38. The molecule has 0 bridgehead atoms. The molecule has 1 atom stereocenters. The van der Waals surface area contributed by atoms with Gasteiger partial charge in [-0.3, -0.25) is 4.79 Å². The normalized spacial score (nSPS) is 20.9. The van der Waals surface area contributed by atoms with E-state index in [1.54, 1.807) is 0 Å². The molecule has 2 aliphatic rings. The van der Waals surface area contributed by atoms with Crippen molar-refractivity contribution in [1.82, 2.24) is 14.5 Å². The monoisotopic (exact) mass is 327 g/mol. The minimum absolute atomic E-state index is 0.0375. The van der Waals surface area contributed by atoms with E-state index in [9.17, 15) is 9.90 Å². The van der Waals surface area contributed by atoms with E-state index in [0.717, 1.165) is 31.6 Å². The number of fused-ring (bicyclic) bond motifs is 1. The molecule has 5 nitrogen and oxygen atoms in total. The predicted octanol–water partition coefficient (Wildman–Crippen LogP) is 2.30. The quantitative estimate of drug-likeness (QED) is 0.937. The maximum atomic E-state index is 12.3. The van der Waals surface area contributed by atoms with E-state index in [1.165, 1.54) is 10.9 Å². The van der Waals surface area contributed by atoms with Gasteiger partial charge in [0, 0.05) is 43.3 Å². The third-order valence-corrected chi connectivity index (χ3v) is 5.98. The first-order valence-electron chi connectivity index (χ1n) is 8.86. The van der Waals surface area contributed by atoms with Crippen LogP contribution in [0.3, 0.4) is 0 Å². The Labute approximate surface area is 142 Å². The molecule has 3 heterocycles. The van der Waals surface area contributed by atoms with Gasteiger partial charge >= 0.3 is 0 Å². The largest absolute Gasteiger partial charge is 0.396 e. The van der Waals surface area contributed by atoms with E-state index in [2.05, 4.69) is 17.1 Å². The van der Waals surface area contributed by atoms with Crippen molar-refractivity contribution < 1.29 is 9.90 Å². The van der Waals surface area contributed by atoms with Crippen LogP contribution in [0.15, 0.2) is 24.5 Å². The summed E-state index contributed by atoms with van der Waals surface area (Å²) in [5.74, 6) is 0.475. The fourth-order valence-corrected chi connectivity index (χ4v) is 4.43. The Balaban J connectivity index is 1.37. The van der Waals surface area contributed by atoms with Crippen molar-refractivity contribution in [2.24, 2.45) is 18.4 Å². The zero-order valence-corrected chi connectivity index (χ0v) is 14.4. The summed E-state index contributed by atoms with van der Waals surface area (Å²) >= 11 is 0. The highest BCUT2D eigenvalue weighted by molar-refractivity contribution is 5.80. The standard InChI is InChI=1S/C19H25N3O2/c1-3-13(10-23)18(24)22-11-19(12-22)7-16(8-19)15-6-14-4-5-21(2)17(14)20-9-15/h4-6,9,13,16,23H,3,7-8,10-12H2,1-2H3/t13-/m1/s1. The van der Waals surface area contributed by atoms with Crippen LogP contribution in [0.4, 0.5) is 0 Å². The molecule has 4 rings (SSSR count). The Kier molecular flexibility index (Phi) is 3.64. The lowest BCUT2D eigenvalue weighted by molar-refractivity contribution is -0.157. The SMILES string of the molecule is CC[C@H](CO)C(=O)N1CC2(CC(c3cnc4c(ccn4C)c3)C2)C1. The van der Waals surface area contributed by atoms with Crippen molar-refractivity contribution in [3.63, 3.8) is 0 Å². The lowest BCUT2D eigenvalue weighted by Gasteiger charge is -2.59. The van der Waals surface area contributed by atoms with Gasteiger partial charge in [0.15, 0.2) is 0 Å². The molecule has 5 heteroatoms. The maximum Gasteiger partial charge on any atom is 0.228 e. The van der Waals surface area contributed by atoms with Crippen LogP contribution < -0.4 is 0 Å². The van der Waals surface area contributed by atoms with Crippen LogP contribution in [-0.4, -0.2) is 45.2 Å². The maximum absolute atomic E-state index is 12.3. The average Bonchev–Trinajstić information content (AvgIpc) is 2.87. The minimum Gasteiger partial charge on any atom is -0.396 e. The second kappa shape index (κ2) is 5.59. The van der Waals surface area contributed by atoms with E-state index < -0.39 is 0 Å². The van der Waals surface area contributed by atoms with Crippen LogP contribution in [0.5, 0.6) is 0 Å². The molecule has 2 aromatic heterocycles. The zero-order valence-electron chi connectivity index (χ0n) is 14.4. The number of amides is 1.